The molecule has 0 aliphatic rings. The molecule has 0 aliphatic carbocycles. The highest BCUT2D eigenvalue weighted by Gasteiger charge is 2.17. The average Bonchev–Trinajstić information content (AvgIpc) is 2.26. The van der Waals surface area contributed by atoms with E-state index in [9.17, 15) is 9.50 Å². The van der Waals surface area contributed by atoms with Crippen LogP contribution in [0.2, 0.25) is 0 Å². The maximum absolute atomic E-state index is 13.3. The summed E-state index contributed by atoms with van der Waals surface area (Å²) in [5.74, 6) is -0.326. The van der Waals surface area contributed by atoms with Crippen molar-refractivity contribution in [2.75, 3.05) is 14.2 Å². The molecule has 15 heavy (non-hydrogen) atoms. The van der Waals surface area contributed by atoms with E-state index < -0.39 is 11.9 Å². The number of aliphatic hydroxyl groups excluding tert-OH is 1. The van der Waals surface area contributed by atoms with E-state index >= 15 is 0 Å². The SMILES string of the molecule is COc1ccc(C(O)C(C)OC)cc1F. The van der Waals surface area contributed by atoms with Crippen LogP contribution in [-0.4, -0.2) is 25.4 Å². The Morgan fingerprint density at radius 3 is 2.47 bits per heavy atom. The molecule has 1 N–H and O–H groups in total. The van der Waals surface area contributed by atoms with Gasteiger partial charge in [-0.25, -0.2) is 4.39 Å². The molecule has 0 aromatic heterocycles. The first kappa shape index (κ1) is 11.9. The van der Waals surface area contributed by atoms with Gasteiger partial charge < -0.3 is 14.6 Å². The van der Waals surface area contributed by atoms with Crippen LogP contribution in [0.3, 0.4) is 0 Å². The maximum atomic E-state index is 13.3. The van der Waals surface area contributed by atoms with Crippen molar-refractivity contribution in [2.24, 2.45) is 0 Å². The smallest absolute Gasteiger partial charge is 0.165 e. The Kier molecular flexibility index (Phi) is 4.05. The molecule has 84 valence electrons. The van der Waals surface area contributed by atoms with Crippen LogP contribution in [0.5, 0.6) is 5.75 Å². The van der Waals surface area contributed by atoms with Gasteiger partial charge in [0.05, 0.1) is 13.2 Å². The van der Waals surface area contributed by atoms with Crippen LogP contribution in [0.4, 0.5) is 4.39 Å². The second kappa shape index (κ2) is 5.09. The van der Waals surface area contributed by atoms with Crippen molar-refractivity contribution in [1.82, 2.24) is 0 Å². The fourth-order valence-electron chi connectivity index (χ4n) is 1.27. The van der Waals surface area contributed by atoms with E-state index in [1.54, 1.807) is 13.0 Å². The Morgan fingerprint density at radius 2 is 2.00 bits per heavy atom. The highest BCUT2D eigenvalue weighted by atomic mass is 19.1. The van der Waals surface area contributed by atoms with E-state index in [-0.39, 0.29) is 11.9 Å². The summed E-state index contributed by atoms with van der Waals surface area (Å²) >= 11 is 0. The third kappa shape index (κ3) is 2.67. The molecule has 0 saturated carbocycles. The third-order valence-corrected chi connectivity index (χ3v) is 2.33. The summed E-state index contributed by atoms with van der Waals surface area (Å²) in [7, 11) is 2.89. The van der Waals surface area contributed by atoms with Crippen LogP contribution in [-0.2, 0) is 4.74 Å². The van der Waals surface area contributed by atoms with Gasteiger partial charge in [0.25, 0.3) is 0 Å². The van der Waals surface area contributed by atoms with Crippen LogP contribution in [0.15, 0.2) is 18.2 Å². The Bertz CT molecular complexity index is 328. The zero-order valence-electron chi connectivity index (χ0n) is 9.03. The normalized spacial score (nSPS) is 14.7. The lowest BCUT2D eigenvalue weighted by Gasteiger charge is -2.18. The van der Waals surface area contributed by atoms with E-state index in [2.05, 4.69) is 0 Å². The van der Waals surface area contributed by atoms with Gasteiger partial charge in [0, 0.05) is 7.11 Å². The first-order valence-corrected chi connectivity index (χ1v) is 4.64. The minimum atomic E-state index is -0.838. The van der Waals surface area contributed by atoms with Gasteiger partial charge in [-0.15, -0.1) is 0 Å². The summed E-state index contributed by atoms with van der Waals surface area (Å²) in [6, 6.07) is 4.34. The summed E-state index contributed by atoms with van der Waals surface area (Å²) in [4.78, 5) is 0. The predicted octanol–water partition coefficient (Wildman–Crippen LogP) is 1.90. The van der Waals surface area contributed by atoms with Crippen LogP contribution >= 0.6 is 0 Å². The summed E-state index contributed by atoms with van der Waals surface area (Å²) in [6.45, 7) is 1.72. The van der Waals surface area contributed by atoms with Gasteiger partial charge in [-0.1, -0.05) is 6.07 Å². The largest absolute Gasteiger partial charge is 0.494 e. The molecule has 1 aromatic rings. The van der Waals surface area contributed by atoms with Crippen molar-refractivity contribution in [3.8, 4) is 5.75 Å². The molecule has 0 bridgehead atoms. The number of hydrogen-bond donors (Lipinski definition) is 1. The average molecular weight is 214 g/mol. The van der Waals surface area contributed by atoms with E-state index in [0.29, 0.717) is 5.56 Å². The molecule has 4 heteroatoms. The number of ether oxygens (including phenoxy) is 2. The second-order valence-electron chi connectivity index (χ2n) is 3.28. The first-order chi connectivity index (χ1) is 7.10. The van der Waals surface area contributed by atoms with E-state index in [1.165, 1.54) is 26.4 Å². The topological polar surface area (TPSA) is 38.7 Å². The molecule has 2 atom stereocenters. The van der Waals surface area contributed by atoms with Gasteiger partial charge in [-0.3, -0.25) is 0 Å². The number of benzene rings is 1. The lowest BCUT2D eigenvalue weighted by Crippen LogP contribution is -2.16. The highest BCUT2D eigenvalue weighted by molar-refractivity contribution is 5.30. The maximum Gasteiger partial charge on any atom is 0.165 e. The Labute approximate surface area is 88.4 Å². The molecule has 0 amide bonds. The summed E-state index contributed by atoms with van der Waals surface area (Å²) < 4.78 is 23.0. The number of halogens is 1. The lowest BCUT2D eigenvalue weighted by atomic mass is 10.1. The zero-order valence-corrected chi connectivity index (χ0v) is 9.03. The molecule has 0 heterocycles. The van der Waals surface area contributed by atoms with E-state index in [1.807, 2.05) is 0 Å². The van der Waals surface area contributed by atoms with Crippen molar-refractivity contribution in [2.45, 2.75) is 19.1 Å². The molecule has 0 aliphatic heterocycles. The quantitative estimate of drug-likeness (QED) is 0.832. The van der Waals surface area contributed by atoms with Crippen LogP contribution in [0.25, 0.3) is 0 Å². The van der Waals surface area contributed by atoms with Gasteiger partial charge in [0.15, 0.2) is 11.6 Å². The Morgan fingerprint density at radius 1 is 1.33 bits per heavy atom. The monoisotopic (exact) mass is 214 g/mol. The summed E-state index contributed by atoms with van der Waals surface area (Å²) in [5, 5.41) is 9.74. The molecule has 1 rings (SSSR count). The van der Waals surface area contributed by atoms with Crippen molar-refractivity contribution in [3.05, 3.63) is 29.6 Å². The number of methoxy groups -OCH3 is 2. The van der Waals surface area contributed by atoms with Gasteiger partial charge in [-0.05, 0) is 24.6 Å². The Balaban J connectivity index is 2.92. The van der Waals surface area contributed by atoms with Gasteiger partial charge in [0.1, 0.15) is 6.10 Å². The molecule has 0 fully saturated rings. The summed E-state index contributed by atoms with van der Waals surface area (Å²) in [5.41, 5.74) is 0.475. The second-order valence-corrected chi connectivity index (χ2v) is 3.28. The van der Waals surface area contributed by atoms with E-state index in [4.69, 9.17) is 9.47 Å². The predicted molar refractivity (Wildman–Crippen MR) is 54.4 cm³/mol. The minimum absolute atomic E-state index is 0.163. The van der Waals surface area contributed by atoms with E-state index in [0.717, 1.165) is 0 Å². The standard InChI is InChI=1S/C11H15FO3/c1-7(14-2)11(13)8-4-5-10(15-3)9(12)6-8/h4-7,11,13H,1-3H3. The molecule has 1 aromatic carbocycles. The Hall–Kier alpha value is -1.13. The van der Waals surface area contributed by atoms with Gasteiger partial charge in [0.2, 0.25) is 0 Å². The van der Waals surface area contributed by atoms with Crippen molar-refractivity contribution < 1.29 is 19.0 Å². The van der Waals surface area contributed by atoms with Crippen molar-refractivity contribution in [1.29, 1.82) is 0 Å². The molecular formula is C11H15FO3. The number of hydrogen-bond acceptors (Lipinski definition) is 3. The van der Waals surface area contributed by atoms with Gasteiger partial charge >= 0.3 is 0 Å². The first-order valence-electron chi connectivity index (χ1n) is 4.64. The molecule has 3 nitrogen and oxygen atoms in total. The van der Waals surface area contributed by atoms with Crippen LogP contribution < -0.4 is 4.74 Å². The van der Waals surface area contributed by atoms with Crippen LogP contribution in [0.1, 0.15) is 18.6 Å². The summed E-state index contributed by atoms with van der Waals surface area (Å²) in [6.07, 6.45) is -1.21. The number of aliphatic hydroxyl groups is 1. The molecular weight excluding hydrogens is 199 g/mol. The zero-order chi connectivity index (χ0) is 11.4. The highest BCUT2D eigenvalue weighted by Crippen LogP contribution is 2.24. The number of rotatable bonds is 4. The van der Waals surface area contributed by atoms with Crippen molar-refractivity contribution in [3.63, 3.8) is 0 Å². The molecule has 0 radical (unpaired) electrons. The minimum Gasteiger partial charge on any atom is -0.494 e. The fourth-order valence-corrected chi connectivity index (χ4v) is 1.27. The van der Waals surface area contributed by atoms with Crippen molar-refractivity contribution >= 4 is 0 Å². The van der Waals surface area contributed by atoms with Crippen LogP contribution in [0, 0.1) is 5.82 Å². The molecule has 2 unspecified atom stereocenters. The van der Waals surface area contributed by atoms with Gasteiger partial charge in [-0.2, -0.15) is 0 Å². The fraction of sp³-hybridized carbons (Fsp3) is 0.455. The molecule has 0 saturated heterocycles. The molecule has 0 spiro atoms. The third-order valence-electron chi connectivity index (χ3n) is 2.33. The lowest BCUT2D eigenvalue weighted by molar-refractivity contribution is -0.00158.